The van der Waals surface area contributed by atoms with Crippen LogP contribution in [0.5, 0.6) is 11.5 Å². The lowest BCUT2D eigenvalue weighted by atomic mass is 9.91. The first-order valence-corrected chi connectivity index (χ1v) is 8.94. The summed E-state index contributed by atoms with van der Waals surface area (Å²) in [6.07, 6.45) is 7.97. The van der Waals surface area contributed by atoms with Crippen LogP contribution in [0.15, 0.2) is 38.9 Å². The monoisotopic (exact) mass is 330 g/mol. The van der Waals surface area contributed by atoms with Gasteiger partial charge in [-0.05, 0) is 79.0 Å². The van der Waals surface area contributed by atoms with Crippen molar-refractivity contribution in [2.24, 2.45) is 20.7 Å². The second-order valence-electron chi connectivity index (χ2n) is 6.51. The SMILES string of the molecule is CCC(CCC1N=NN=N1)c1ccc(OC)c(OC2CCCC2)c1. The second-order valence-corrected chi connectivity index (χ2v) is 6.51. The Morgan fingerprint density at radius 3 is 2.54 bits per heavy atom. The minimum absolute atomic E-state index is 0.105. The van der Waals surface area contributed by atoms with Crippen LogP contribution in [-0.2, 0) is 0 Å². The second kappa shape index (κ2) is 8.22. The molecule has 6 nitrogen and oxygen atoms in total. The summed E-state index contributed by atoms with van der Waals surface area (Å²) in [5.41, 5.74) is 1.29. The van der Waals surface area contributed by atoms with Crippen molar-refractivity contribution < 1.29 is 9.47 Å². The number of benzene rings is 1. The Morgan fingerprint density at radius 1 is 1.12 bits per heavy atom. The van der Waals surface area contributed by atoms with Gasteiger partial charge in [-0.3, -0.25) is 0 Å². The highest BCUT2D eigenvalue weighted by molar-refractivity contribution is 5.44. The van der Waals surface area contributed by atoms with Crippen LogP contribution in [0, 0.1) is 0 Å². The molecule has 1 fully saturated rings. The van der Waals surface area contributed by atoms with Gasteiger partial charge in [0.05, 0.1) is 13.2 Å². The molecule has 0 bridgehead atoms. The fourth-order valence-electron chi connectivity index (χ4n) is 3.49. The molecule has 1 aliphatic heterocycles. The van der Waals surface area contributed by atoms with E-state index in [1.54, 1.807) is 7.11 Å². The molecule has 3 rings (SSSR count). The van der Waals surface area contributed by atoms with E-state index in [9.17, 15) is 0 Å². The Hall–Kier alpha value is -1.98. The molecule has 0 aromatic heterocycles. The first kappa shape index (κ1) is 16.9. The van der Waals surface area contributed by atoms with Crippen LogP contribution >= 0.6 is 0 Å². The van der Waals surface area contributed by atoms with Gasteiger partial charge in [-0.1, -0.05) is 13.0 Å². The van der Waals surface area contributed by atoms with Crippen LogP contribution in [0.25, 0.3) is 0 Å². The Kier molecular flexibility index (Phi) is 5.77. The van der Waals surface area contributed by atoms with Gasteiger partial charge < -0.3 is 9.47 Å². The maximum atomic E-state index is 6.22. The van der Waals surface area contributed by atoms with Crippen molar-refractivity contribution in [2.45, 2.75) is 70.1 Å². The highest BCUT2D eigenvalue weighted by Gasteiger charge is 2.21. The molecular formula is C18H26N4O2. The summed E-state index contributed by atoms with van der Waals surface area (Å²) < 4.78 is 11.7. The van der Waals surface area contributed by atoms with Gasteiger partial charge in [-0.2, -0.15) is 0 Å². The Labute approximate surface area is 143 Å². The zero-order chi connectivity index (χ0) is 16.8. The van der Waals surface area contributed by atoms with Gasteiger partial charge in [-0.25, -0.2) is 0 Å². The molecule has 1 heterocycles. The van der Waals surface area contributed by atoms with E-state index in [-0.39, 0.29) is 6.17 Å². The van der Waals surface area contributed by atoms with Gasteiger partial charge in [0.15, 0.2) is 17.7 Å². The maximum absolute atomic E-state index is 6.22. The molecular weight excluding hydrogens is 304 g/mol. The number of methoxy groups -OCH3 is 1. The van der Waals surface area contributed by atoms with Crippen molar-refractivity contribution >= 4 is 0 Å². The molecule has 1 aromatic rings. The van der Waals surface area contributed by atoms with Crippen molar-refractivity contribution in [3.63, 3.8) is 0 Å². The fraction of sp³-hybridized carbons (Fsp3) is 0.667. The molecule has 1 aromatic carbocycles. The molecule has 0 amide bonds. The van der Waals surface area contributed by atoms with Gasteiger partial charge in [0.2, 0.25) is 0 Å². The highest BCUT2D eigenvalue weighted by atomic mass is 16.5. The van der Waals surface area contributed by atoms with Gasteiger partial charge in [0.25, 0.3) is 0 Å². The standard InChI is InChI=1S/C18H26N4O2/c1-3-13(9-11-18-19-21-22-20-18)14-8-10-16(23-2)17(12-14)24-15-6-4-5-7-15/h8,10,12-13,15,18H,3-7,9,11H2,1-2H3. The van der Waals surface area contributed by atoms with Crippen LogP contribution in [0.2, 0.25) is 0 Å². The number of nitrogens with zero attached hydrogens (tertiary/aromatic N) is 4. The van der Waals surface area contributed by atoms with Gasteiger partial charge in [0, 0.05) is 0 Å². The minimum Gasteiger partial charge on any atom is -0.493 e. The van der Waals surface area contributed by atoms with Gasteiger partial charge in [0.1, 0.15) is 0 Å². The molecule has 2 aliphatic rings. The number of hydrogen-bond acceptors (Lipinski definition) is 6. The first-order valence-electron chi connectivity index (χ1n) is 8.94. The molecule has 1 saturated carbocycles. The van der Waals surface area contributed by atoms with E-state index in [0.717, 1.165) is 43.6 Å². The van der Waals surface area contributed by atoms with E-state index in [2.05, 4.69) is 39.7 Å². The van der Waals surface area contributed by atoms with E-state index in [0.29, 0.717) is 12.0 Å². The van der Waals surface area contributed by atoms with Crippen molar-refractivity contribution in [1.29, 1.82) is 0 Å². The third-order valence-corrected chi connectivity index (χ3v) is 4.93. The van der Waals surface area contributed by atoms with Crippen molar-refractivity contribution in [3.05, 3.63) is 23.8 Å². The van der Waals surface area contributed by atoms with E-state index < -0.39 is 0 Å². The van der Waals surface area contributed by atoms with Crippen molar-refractivity contribution in [2.75, 3.05) is 7.11 Å². The molecule has 0 spiro atoms. The van der Waals surface area contributed by atoms with Crippen molar-refractivity contribution in [1.82, 2.24) is 0 Å². The molecule has 6 heteroatoms. The van der Waals surface area contributed by atoms with E-state index in [1.165, 1.54) is 18.4 Å². The predicted molar refractivity (Wildman–Crippen MR) is 91.6 cm³/mol. The molecule has 1 atom stereocenters. The summed E-state index contributed by atoms with van der Waals surface area (Å²) in [5, 5.41) is 15.2. The van der Waals surface area contributed by atoms with E-state index in [1.807, 2.05) is 6.07 Å². The lowest BCUT2D eigenvalue weighted by Gasteiger charge is -2.20. The third-order valence-electron chi connectivity index (χ3n) is 4.93. The molecule has 1 aliphatic carbocycles. The largest absolute Gasteiger partial charge is 0.493 e. The summed E-state index contributed by atoms with van der Waals surface area (Å²) in [6, 6.07) is 6.33. The predicted octanol–water partition coefficient (Wildman–Crippen LogP) is 5.45. The normalized spacial score (nSPS) is 19.1. The molecule has 0 radical (unpaired) electrons. The molecule has 1 unspecified atom stereocenters. The smallest absolute Gasteiger partial charge is 0.185 e. The topological polar surface area (TPSA) is 67.9 Å². The first-order chi connectivity index (χ1) is 11.8. The third kappa shape index (κ3) is 4.10. The van der Waals surface area contributed by atoms with Crippen LogP contribution in [0.1, 0.15) is 63.4 Å². The Balaban J connectivity index is 1.70. The molecule has 130 valence electrons. The van der Waals surface area contributed by atoms with Gasteiger partial charge in [-0.15, -0.1) is 10.2 Å². The number of rotatable bonds is 8. The maximum Gasteiger partial charge on any atom is 0.185 e. The highest BCUT2D eigenvalue weighted by Crippen LogP contribution is 2.36. The number of ether oxygens (including phenoxy) is 2. The zero-order valence-corrected chi connectivity index (χ0v) is 14.5. The molecule has 24 heavy (non-hydrogen) atoms. The van der Waals surface area contributed by atoms with Crippen molar-refractivity contribution in [3.8, 4) is 11.5 Å². The average Bonchev–Trinajstić information content (AvgIpc) is 3.29. The van der Waals surface area contributed by atoms with Crippen LogP contribution < -0.4 is 9.47 Å². The molecule has 0 saturated heterocycles. The fourth-order valence-corrected chi connectivity index (χ4v) is 3.49. The summed E-state index contributed by atoms with van der Waals surface area (Å²) in [6.45, 7) is 2.21. The summed E-state index contributed by atoms with van der Waals surface area (Å²) in [5.74, 6) is 2.15. The quantitative estimate of drug-likeness (QED) is 0.636. The zero-order valence-electron chi connectivity index (χ0n) is 14.5. The minimum atomic E-state index is -0.105. The lowest BCUT2D eigenvalue weighted by Crippen LogP contribution is -2.12. The van der Waals surface area contributed by atoms with Crippen LogP contribution in [0.4, 0.5) is 0 Å². The van der Waals surface area contributed by atoms with Crippen LogP contribution in [0.3, 0.4) is 0 Å². The Bertz CT molecular complexity index is 585. The Morgan fingerprint density at radius 2 is 1.88 bits per heavy atom. The molecule has 0 N–H and O–H groups in total. The summed E-state index contributed by atoms with van der Waals surface area (Å²) >= 11 is 0. The van der Waals surface area contributed by atoms with E-state index >= 15 is 0 Å². The van der Waals surface area contributed by atoms with Crippen LogP contribution in [-0.4, -0.2) is 19.4 Å². The summed E-state index contributed by atoms with van der Waals surface area (Å²) in [7, 11) is 1.70. The van der Waals surface area contributed by atoms with E-state index in [4.69, 9.17) is 9.47 Å². The number of hydrogen-bond donors (Lipinski definition) is 0. The summed E-state index contributed by atoms with van der Waals surface area (Å²) in [4.78, 5) is 0. The lowest BCUT2D eigenvalue weighted by molar-refractivity contribution is 0.200. The van der Waals surface area contributed by atoms with Gasteiger partial charge >= 0.3 is 0 Å². The average molecular weight is 330 g/mol.